The zero-order valence-corrected chi connectivity index (χ0v) is 10.8. The second-order valence-electron chi connectivity index (χ2n) is 3.83. The van der Waals surface area contributed by atoms with Crippen LogP contribution in [0.25, 0.3) is 0 Å². The van der Waals surface area contributed by atoms with Crippen molar-refractivity contribution in [2.24, 2.45) is 0 Å². The summed E-state index contributed by atoms with van der Waals surface area (Å²) < 4.78 is 0. The summed E-state index contributed by atoms with van der Waals surface area (Å²) in [7, 11) is 0. The van der Waals surface area contributed by atoms with Gasteiger partial charge in [0.2, 0.25) is 0 Å². The molecule has 0 saturated heterocycles. The first kappa shape index (κ1) is 16.6. The van der Waals surface area contributed by atoms with E-state index in [-0.39, 0.29) is 6.54 Å². The maximum atomic E-state index is 11.8. The fourth-order valence-electron chi connectivity index (χ4n) is 1.62. The Morgan fingerprint density at radius 1 is 1.32 bits per heavy atom. The van der Waals surface area contributed by atoms with Gasteiger partial charge in [-0.1, -0.05) is 6.08 Å². The summed E-state index contributed by atoms with van der Waals surface area (Å²) >= 11 is 0. The summed E-state index contributed by atoms with van der Waals surface area (Å²) in [5.41, 5.74) is -4.54. The summed E-state index contributed by atoms with van der Waals surface area (Å²) in [6.07, 6.45) is 1.25. The van der Waals surface area contributed by atoms with Crippen molar-refractivity contribution in [3.05, 3.63) is 50.1 Å². The fourth-order valence-corrected chi connectivity index (χ4v) is 1.62. The van der Waals surface area contributed by atoms with E-state index in [1.807, 2.05) is 0 Å². The highest BCUT2D eigenvalue weighted by Crippen LogP contribution is 2.40. The topological polar surface area (TPSA) is 173 Å². The van der Waals surface area contributed by atoms with Crippen LogP contribution in [0.15, 0.2) is 18.7 Å². The Morgan fingerprint density at radius 2 is 1.91 bits per heavy atom. The molecule has 0 heterocycles. The lowest BCUT2D eigenvalue weighted by atomic mass is 10.0. The van der Waals surface area contributed by atoms with Crippen molar-refractivity contribution in [1.29, 1.82) is 0 Å². The minimum Gasteiger partial charge on any atom is -0.497 e. The Balaban J connectivity index is 3.76. The Bertz CT molecular complexity index is 697. The molecule has 0 radical (unpaired) electrons. The van der Waals surface area contributed by atoms with Gasteiger partial charge in [0.05, 0.1) is 15.4 Å². The number of hydrogen-bond acceptors (Lipinski definition) is 7. The van der Waals surface area contributed by atoms with Gasteiger partial charge in [0, 0.05) is 12.6 Å². The molecule has 11 heteroatoms. The first-order valence-electron chi connectivity index (χ1n) is 5.53. The molecule has 0 spiro atoms. The van der Waals surface area contributed by atoms with E-state index in [1.54, 1.807) is 0 Å². The van der Waals surface area contributed by atoms with Crippen molar-refractivity contribution in [2.45, 2.75) is 0 Å². The molecule has 11 nitrogen and oxygen atoms in total. The third-order valence-electron chi connectivity index (χ3n) is 2.50. The van der Waals surface area contributed by atoms with E-state index in [1.165, 1.54) is 6.08 Å². The van der Waals surface area contributed by atoms with E-state index >= 15 is 0 Å². The second-order valence-corrected chi connectivity index (χ2v) is 3.83. The average Bonchev–Trinajstić information content (AvgIpc) is 2.42. The number of benzene rings is 1. The van der Waals surface area contributed by atoms with Gasteiger partial charge in [0.25, 0.3) is 11.7 Å². The zero-order valence-electron chi connectivity index (χ0n) is 10.8. The van der Waals surface area contributed by atoms with Crippen LogP contribution < -0.4 is 5.32 Å². The maximum Gasteiger partial charge on any atom is 0.343 e. The number of amides is 1. The third-order valence-corrected chi connectivity index (χ3v) is 2.50. The molecule has 1 amide bonds. The van der Waals surface area contributed by atoms with E-state index in [4.69, 9.17) is 5.11 Å². The number of carbonyl (C=O) groups excluding carboxylic acids is 1. The summed E-state index contributed by atoms with van der Waals surface area (Å²) in [6, 6.07) is 0.463. The number of carboxylic acids is 1. The lowest BCUT2D eigenvalue weighted by Gasteiger charge is -2.08. The fraction of sp³-hybridized carbons (Fsp3) is 0.0909. The molecule has 1 aromatic rings. The molecule has 1 aromatic carbocycles. The van der Waals surface area contributed by atoms with Crippen LogP contribution >= 0.6 is 0 Å². The number of aromatic carboxylic acids is 1. The van der Waals surface area contributed by atoms with Crippen molar-refractivity contribution in [3.63, 3.8) is 0 Å². The van der Waals surface area contributed by atoms with Crippen LogP contribution in [-0.4, -0.2) is 38.5 Å². The van der Waals surface area contributed by atoms with Crippen LogP contribution in [0.4, 0.5) is 11.4 Å². The number of carbonyl (C=O) groups is 2. The van der Waals surface area contributed by atoms with Crippen LogP contribution in [0.2, 0.25) is 0 Å². The summed E-state index contributed by atoms with van der Waals surface area (Å²) in [5.74, 6) is -4.42. The molecule has 0 aliphatic carbocycles. The van der Waals surface area contributed by atoms with Crippen LogP contribution in [0.3, 0.4) is 0 Å². The van der Waals surface area contributed by atoms with Crippen LogP contribution in [0.1, 0.15) is 20.7 Å². The van der Waals surface area contributed by atoms with Gasteiger partial charge in [0.1, 0.15) is 0 Å². The lowest BCUT2D eigenvalue weighted by molar-refractivity contribution is -0.396. The standard InChI is InChI=1S/C11H9N3O8/c1-2-3-12-10(16)5-4-6(13(19)20)9(15)8(14(21)22)7(5)11(17)18/h2,4,15H,1,3H2,(H,12,16)(H,17,18). The number of nitro benzene ring substituents is 2. The largest absolute Gasteiger partial charge is 0.497 e. The Hall–Kier alpha value is -3.50. The molecule has 0 aliphatic heterocycles. The van der Waals surface area contributed by atoms with E-state index in [2.05, 4.69) is 11.9 Å². The first-order chi connectivity index (χ1) is 10.2. The Kier molecular flexibility index (Phi) is 4.74. The molecule has 0 fully saturated rings. The number of rotatable bonds is 6. The van der Waals surface area contributed by atoms with Crippen LogP contribution in [-0.2, 0) is 0 Å². The maximum absolute atomic E-state index is 11.8. The Labute approximate surface area is 121 Å². The van der Waals surface area contributed by atoms with E-state index in [0.29, 0.717) is 6.07 Å². The Morgan fingerprint density at radius 3 is 2.32 bits per heavy atom. The lowest BCUT2D eigenvalue weighted by Crippen LogP contribution is -2.26. The van der Waals surface area contributed by atoms with Gasteiger partial charge >= 0.3 is 17.3 Å². The molecule has 0 bridgehead atoms. The second kappa shape index (κ2) is 6.30. The van der Waals surface area contributed by atoms with Gasteiger partial charge < -0.3 is 15.5 Å². The van der Waals surface area contributed by atoms with Crippen molar-refractivity contribution in [3.8, 4) is 5.75 Å². The molecule has 0 atom stereocenters. The van der Waals surface area contributed by atoms with E-state index in [9.17, 15) is 34.9 Å². The molecular weight excluding hydrogens is 302 g/mol. The smallest absolute Gasteiger partial charge is 0.343 e. The van der Waals surface area contributed by atoms with Crippen LogP contribution in [0, 0.1) is 20.2 Å². The molecule has 0 aromatic heterocycles. The van der Waals surface area contributed by atoms with E-state index < -0.39 is 50.0 Å². The number of phenolic OH excluding ortho intramolecular Hbond substituents is 1. The summed E-state index contributed by atoms with van der Waals surface area (Å²) in [4.78, 5) is 42.3. The number of aromatic hydroxyl groups is 1. The van der Waals surface area contributed by atoms with Crippen LogP contribution in [0.5, 0.6) is 5.75 Å². The number of nitro groups is 2. The quantitative estimate of drug-likeness (QED) is 0.393. The molecule has 3 N–H and O–H groups in total. The number of nitrogens with one attached hydrogen (secondary N) is 1. The normalized spacial score (nSPS) is 9.82. The number of carboxylic acid groups (broad SMARTS) is 1. The first-order valence-corrected chi connectivity index (χ1v) is 5.53. The number of phenols is 1. The van der Waals surface area contributed by atoms with Gasteiger partial charge in [-0.3, -0.25) is 25.0 Å². The molecule has 0 saturated carbocycles. The van der Waals surface area contributed by atoms with Crippen molar-refractivity contribution < 1.29 is 29.6 Å². The highest BCUT2D eigenvalue weighted by atomic mass is 16.6. The monoisotopic (exact) mass is 311 g/mol. The molecule has 0 aliphatic rings. The molecule has 0 unspecified atom stereocenters. The zero-order chi connectivity index (χ0) is 17.0. The molecule has 116 valence electrons. The summed E-state index contributed by atoms with van der Waals surface area (Å²) in [6.45, 7) is 3.21. The van der Waals surface area contributed by atoms with Gasteiger partial charge in [-0.2, -0.15) is 0 Å². The number of hydrogen-bond donors (Lipinski definition) is 3. The van der Waals surface area contributed by atoms with Gasteiger partial charge in [-0.25, -0.2) is 4.79 Å². The SMILES string of the molecule is C=CCNC(=O)c1cc([N+](=O)[O-])c(O)c([N+](=O)[O-])c1C(=O)O. The summed E-state index contributed by atoms with van der Waals surface area (Å²) in [5, 5.41) is 42.5. The van der Waals surface area contributed by atoms with Gasteiger partial charge in [-0.05, 0) is 0 Å². The van der Waals surface area contributed by atoms with Crippen molar-refractivity contribution >= 4 is 23.3 Å². The highest BCUT2D eigenvalue weighted by molar-refractivity contribution is 6.09. The molecule has 1 rings (SSSR count). The third kappa shape index (κ3) is 2.98. The average molecular weight is 311 g/mol. The minimum absolute atomic E-state index is 0.0969. The molecule has 22 heavy (non-hydrogen) atoms. The highest BCUT2D eigenvalue weighted by Gasteiger charge is 2.37. The predicted molar refractivity (Wildman–Crippen MR) is 70.9 cm³/mol. The van der Waals surface area contributed by atoms with Gasteiger partial charge in [-0.15, -0.1) is 6.58 Å². The molecular formula is C11H9N3O8. The van der Waals surface area contributed by atoms with Gasteiger partial charge in [0.15, 0.2) is 5.56 Å². The van der Waals surface area contributed by atoms with Crippen molar-refractivity contribution in [2.75, 3.05) is 6.54 Å². The minimum atomic E-state index is -1.89. The number of nitrogens with zero attached hydrogens (tertiary/aromatic N) is 2. The van der Waals surface area contributed by atoms with Crippen molar-refractivity contribution in [1.82, 2.24) is 5.32 Å². The predicted octanol–water partition coefficient (Wildman–Crippen LogP) is 0.823. The van der Waals surface area contributed by atoms with E-state index in [0.717, 1.165) is 0 Å².